The smallest absolute Gasteiger partial charge is 0.0437 e. The van der Waals surface area contributed by atoms with Crippen LogP contribution in [0.2, 0.25) is 5.02 Å². The monoisotopic (exact) mass is 214 g/mol. The van der Waals surface area contributed by atoms with Crippen LogP contribution >= 0.6 is 11.6 Å². The van der Waals surface area contributed by atoms with Crippen molar-refractivity contribution in [3.8, 4) is 0 Å². The van der Waals surface area contributed by atoms with E-state index < -0.39 is 0 Å². The Balaban J connectivity index is 0. The van der Waals surface area contributed by atoms with Gasteiger partial charge in [0.05, 0.1) is 0 Å². The molecular formula is C13H23Cl. The van der Waals surface area contributed by atoms with Crippen LogP contribution in [0.5, 0.6) is 0 Å². The minimum Gasteiger partial charge on any atom is -0.0840 e. The molecule has 1 aromatic carbocycles. The van der Waals surface area contributed by atoms with Crippen molar-refractivity contribution < 1.29 is 0 Å². The van der Waals surface area contributed by atoms with Crippen molar-refractivity contribution in [2.45, 2.75) is 48.0 Å². The van der Waals surface area contributed by atoms with E-state index >= 15 is 0 Å². The summed E-state index contributed by atoms with van der Waals surface area (Å²) in [5, 5.41) is 0.874. The highest BCUT2D eigenvalue weighted by atomic mass is 35.5. The highest BCUT2D eigenvalue weighted by Crippen LogP contribution is 2.16. The Labute approximate surface area is 94.3 Å². The molecule has 0 aliphatic heterocycles. The van der Waals surface area contributed by atoms with Gasteiger partial charge in [-0.05, 0) is 30.5 Å². The minimum atomic E-state index is 0.874. The van der Waals surface area contributed by atoms with Crippen molar-refractivity contribution >= 4 is 11.6 Å². The van der Waals surface area contributed by atoms with Gasteiger partial charge in [-0.2, -0.15) is 0 Å². The molecule has 0 aromatic heterocycles. The van der Waals surface area contributed by atoms with E-state index in [-0.39, 0.29) is 0 Å². The number of hydrogen-bond acceptors (Lipinski definition) is 0. The molecule has 0 spiro atoms. The van der Waals surface area contributed by atoms with Crippen molar-refractivity contribution in [2.75, 3.05) is 0 Å². The Morgan fingerprint density at radius 3 is 1.93 bits per heavy atom. The Morgan fingerprint density at radius 2 is 1.57 bits per heavy atom. The second-order valence-corrected chi connectivity index (χ2v) is 2.84. The molecule has 0 N–H and O–H groups in total. The maximum absolute atomic E-state index is 5.89. The van der Waals surface area contributed by atoms with Crippen LogP contribution in [-0.4, -0.2) is 0 Å². The molecule has 0 bridgehead atoms. The average molecular weight is 215 g/mol. The molecule has 14 heavy (non-hydrogen) atoms. The third-order valence-corrected chi connectivity index (χ3v) is 2.05. The lowest BCUT2D eigenvalue weighted by Crippen LogP contribution is -1.80. The predicted octanol–water partition coefficient (Wildman–Crippen LogP) is 5.26. The van der Waals surface area contributed by atoms with Gasteiger partial charge in [0, 0.05) is 5.02 Å². The van der Waals surface area contributed by atoms with E-state index in [4.69, 9.17) is 11.6 Å². The van der Waals surface area contributed by atoms with Crippen LogP contribution < -0.4 is 0 Å². The first-order valence-corrected chi connectivity index (χ1v) is 5.87. The summed E-state index contributed by atoms with van der Waals surface area (Å²) in [6.45, 7) is 12.1. The van der Waals surface area contributed by atoms with Crippen molar-refractivity contribution in [1.82, 2.24) is 0 Å². The number of aryl methyl sites for hydroxylation is 2. The van der Waals surface area contributed by atoms with Gasteiger partial charge in [0.25, 0.3) is 0 Å². The van der Waals surface area contributed by atoms with E-state index in [9.17, 15) is 0 Å². The summed E-state index contributed by atoms with van der Waals surface area (Å²) in [7, 11) is 0. The molecule has 0 fully saturated rings. The van der Waals surface area contributed by atoms with Crippen LogP contribution in [-0.2, 0) is 6.42 Å². The summed E-state index contributed by atoms with van der Waals surface area (Å²) in [4.78, 5) is 0. The number of halogens is 1. The fourth-order valence-corrected chi connectivity index (χ4v) is 1.06. The summed E-state index contributed by atoms with van der Waals surface area (Å²) >= 11 is 5.89. The van der Waals surface area contributed by atoms with E-state index in [1.807, 2.05) is 40.7 Å². The topological polar surface area (TPSA) is 0 Å². The molecule has 0 atom stereocenters. The van der Waals surface area contributed by atoms with E-state index in [0.29, 0.717) is 0 Å². The lowest BCUT2D eigenvalue weighted by Gasteiger charge is -1.99. The number of rotatable bonds is 1. The zero-order valence-corrected chi connectivity index (χ0v) is 11.1. The maximum atomic E-state index is 5.89. The normalized spacial score (nSPS) is 7.93. The molecule has 0 radical (unpaired) electrons. The third-order valence-electron chi connectivity index (χ3n) is 1.64. The minimum absolute atomic E-state index is 0.874. The lowest BCUT2D eigenvalue weighted by atomic mass is 10.1. The van der Waals surface area contributed by atoms with Gasteiger partial charge in [0.1, 0.15) is 0 Å². The molecular weight excluding hydrogens is 192 g/mol. The molecule has 1 rings (SSSR count). The summed E-state index contributed by atoms with van der Waals surface area (Å²) in [5.74, 6) is 0. The first-order chi connectivity index (χ1) is 6.74. The summed E-state index contributed by atoms with van der Waals surface area (Å²) in [5.41, 5.74) is 2.45. The highest BCUT2D eigenvalue weighted by molar-refractivity contribution is 6.31. The second kappa shape index (κ2) is 10.6. The SMILES string of the molecule is CC.CC.CCc1ccc(C)c(Cl)c1. The zero-order chi connectivity index (χ0) is 11.6. The Morgan fingerprint density at radius 1 is 1.07 bits per heavy atom. The summed E-state index contributed by atoms with van der Waals surface area (Å²) < 4.78 is 0. The van der Waals surface area contributed by atoms with Crippen LogP contribution in [0.15, 0.2) is 18.2 Å². The van der Waals surface area contributed by atoms with Crippen LogP contribution in [0, 0.1) is 6.92 Å². The highest BCUT2D eigenvalue weighted by Gasteiger charge is 1.94. The van der Waals surface area contributed by atoms with Crippen molar-refractivity contribution in [2.24, 2.45) is 0 Å². The van der Waals surface area contributed by atoms with E-state index in [1.54, 1.807) is 0 Å². The first kappa shape index (κ1) is 16.0. The van der Waals surface area contributed by atoms with Crippen molar-refractivity contribution in [1.29, 1.82) is 0 Å². The van der Waals surface area contributed by atoms with Crippen molar-refractivity contribution in [3.05, 3.63) is 34.3 Å². The Bertz CT molecular complexity index is 229. The predicted molar refractivity (Wildman–Crippen MR) is 68.3 cm³/mol. The Kier molecular flexibility index (Phi) is 12.1. The molecule has 1 heteroatoms. The largest absolute Gasteiger partial charge is 0.0840 e. The molecule has 82 valence electrons. The van der Waals surface area contributed by atoms with Crippen LogP contribution in [0.3, 0.4) is 0 Å². The molecule has 0 nitrogen and oxygen atoms in total. The molecule has 0 saturated carbocycles. The first-order valence-electron chi connectivity index (χ1n) is 5.49. The van der Waals surface area contributed by atoms with Gasteiger partial charge in [-0.3, -0.25) is 0 Å². The molecule has 1 aromatic rings. The summed E-state index contributed by atoms with van der Waals surface area (Å²) in [6.07, 6.45) is 1.06. The number of hydrogen-bond donors (Lipinski definition) is 0. The standard InChI is InChI=1S/C9H11Cl.2C2H6/c1-3-8-5-4-7(2)9(10)6-8;2*1-2/h4-6H,3H2,1-2H3;2*1-2H3. The fourth-order valence-electron chi connectivity index (χ4n) is 0.856. The molecule has 0 unspecified atom stereocenters. The second-order valence-electron chi connectivity index (χ2n) is 2.44. The van der Waals surface area contributed by atoms with Gasteiger partial charge in [0.15, 0.2) is 0 Å². The van der Waals surface area contributed by atoms with E-state index in [0.717, 1.165) is 17.0 Å². The van der Waals surface area contributed by atoms with Crippen LogP contribution in [0.25, 0.3) is 0 Å². The maximum Gasteiger partial charge on any atom is 0.0437 e. The zero-order valence-electron chi connectivity index (χ0n) is 10.3. The van der Waals surface area contributed by atoms with Crippen molar-refractivity contribution in [3.63, 3.8) is 0 Å². The van der Waals surface area contributed by atoms with Gasteiger partial charge in [-0.25, -0.2) is 0 Å². The number of benzene rings is 1. The molecule has 0 amide bonds. The molecule has 0 aliphatic carbocycles. The third kappa shape index (κ3) is 6.04. The van der Waals surface area contributed by atoms with E-state index in [1.165, 1.54) is 5.56 Å². The molecule has 0 aliphatic rings. The Hall–Kier alpha value is -0.490. The lowest BCUT2D eigenvalue weighted by molar-refractivity contribution is 1.14. The summed E-state index contributed by atoms with van der Waals surface area (Å²) in [6, 6.07) is 6.19. The van der Waals surface area contributed by atoms with Gasteiger partial charge >= 0.3 is 0 Å². The quantitative estimate of drug-likeness (QED) is 0.598. The molecule has 0 saturated heterocycles. The average Bonchev–Trinajstić information content (AvgIpc) is 2.28. The van der Waals surface area contributed by atoms with Gasteiger partial charge in [0.2, 0.25) is 0 Å². The van der Waals surface area contributed by atoms with Crippen LogP contribution in [0.1, 0.15) is 45.7 Å². The van der Waals surface area contributed by atoms with Gasteiger partial charge in [-0.1, -0.05) is 58.4 Å². The van der Waals surface area contributed by atoms with Crippen LogP contribution in [0.4, 0.5) is 0 Å². The van der Waals surface area contributed by atoms with Gasteiger partial charge < -0.3 is 0 Å². The van der Waals surface area contributed by atoms with E-state index in [2.05, 4.69) is 19.1 Å². The van der Waals surface area contributed by atoms with Gasteiger partial charge in [-0.15, -0.1) is 0 Å². The molecule has 0 heterocycles. The fraction of sp³-hybridized carbons (Fsp3) is 0.538.